The number of rotatable bonds is 5. The fourth-order valence-electron chi connectivity index (χ4n) is 3.02. The van der Waals surface area contributed by atoms with Crippen molar-refractivity contribution in [1.82, 2.24) is 24.6 Å². The number of aliphatic hydroxyl groups excluding tert-OH is 1. The van der Waals surface area contributed by atoms with Crippen molar-refractivity contribution < 1.29 is 5.11 Å². The van der Waals surface area contributed by atoms with E-state index in [2.05, 4.69) is 28.9 Å². The van der Waals surface area contributed by atoms with E-state index in [0.29, 0.717) is 17.4 Å². The number of halogens is 1. The standard InChI is InChI=1S/C17H24ClN5O/c1-13(22-9-7-21(2)8-10-22)17-19-16(20-23(17)11-12-24)14-3-5-15(18)6-4-14/h3-6,13,24H,7-12H2,1-2H3. The number of aromatic nitrogens is 3. The van der Waals surface area contributed by atoms with E-state index in [9.17, 15) is 5.11 Å². The molecule has 0 aliphatic carbocycles. The van der Waals surface area contributed by atoms with E-state index in [-0.39, 0.29) is 12.6 Å². The van der Waals surface area contributed by atoms with E-state index in [1.54, 1.807) is 0 Å². The van der Waals surface area contributed by atoms with Crippen LogP contribution in [0.15, 0.2) is 24.3 Å². The molecule has 0 radical (unpaired) electrons. The first-order valence-corrected chi connectivity index (χ1v) is 8.70. The van der Waals surface area contributed by atoms with Crippen molar-refractivity contribution in [2.75, 3.05) is 39.8 Å². The van der Waals surface area contributed by atoms with Crippen LogP contribution in [-0.4, -0.2) is 69.5 Å². The summed E-state index contributed by atoms with van der Waals surface area (Å²) in [7, 11) is 2.15. The van der Waals surface area contributed by atoms with Crippen molar-refractivity contribution in [2.24, 2.45) is 0 Å². The maximum absolute atomic E-state index is 9.36. The van der Waals surface area contributed by atoms with Crippen molar-refractivity contribution >= 4 is 11.6 Å². The highest BCUT2D eigenvalue weighted by Crippen LogP contribution is 2.24. The zero-order valence-electron chi connectivity index (χ0n) is 14.2. The van der Waals surface area contributed by atoms with Gasteiger partial charge in [-0.1, -0.05) is 11.6 Å². The molecule has 1 fully saturated rings. The predicted molar refractivity (Wildman–Crippen MR) is 95.0 cm³/mol. The van der Waals surface area contributed by atoms with Crippen LogP contribution in [0.5, 0.6) is 0 Å². The Balaban J connectivity index is 1.87. The van der Waals surface area contributed by atoms with Gasteiger partial charge in [0.15, 0.2) is 5.82 Å². The summed E-state index contributed by atoms with van der Waals surface area (Å²) in [5, 5.41) is 14.7. The van der Waals surface area contributed by atoms with Gasteiger partial charge in [-0.15, -0.1) is 0 Å². The van der Waals surface area contributed by atoms with Crippen LogP contribution in [0.4, 0.5) is 0 Å². The minimum absolute atomic E-state index is 0.0475. The highest BCUT2D eigenvalue weighted by Gasteiger charge is 2.25. The molecule has 1 atom stereocenters. The van der Waals surface area contributed by atoms with Crippen LogP contribution in [0.2, 0.25) is 5.02 Å². The average Bonchev–Trinajstić information content (AvgIpc) is 3.00. The lowest BCUT2D eigenvalue weighted by molar-refractivity contribution is 0.112. The second-order valence-electron chi connectivity index (χ2n) is 6.26. The highest BCUT2D eigenvalue weighted by molar-refractivity contribution is 6.30. The van der Waals surface area contributed by atoms with E-state index in [4.69, 9.17) is 16.6 Å². The first-order valence-electron chi connectivity index (χ1n) is 8.32. The Kier molecular flexibility index (Phi) is 5.50. The number of piperazine rings is 1. The Morgan fingerprint density at radius 2 is 1.83 bits per heavy atom. The Morgan fingerprint density at radius 1 is 1.17 bits per heavy atom. The number of benzene rings is 1. The number of likely N-dealkylation sites (N-methyl/N-ethyl adjacent to an activating group) is 1. The van der Waals surface area contributed by atoms with Gasteiger partial charge in [0.2, 0.25) is 0 Å². The molecular weight excluding hydrogens is 326 g/mol. The van der Waals surface area contributed by atoms with Crippen molar-refractivity contribution in [1.29, 1.82) is 0 Å². The molecular formula is C17H24ClN5O. The summed E-state index contributed by atoms with van der Waals surface area (Å²) in [6.45, 7) is 6.81. The second-order valence-corrected chi connectivity index (χ2v) is 6.70. The maximum atomic E-state index is 9.36. The van der Waals surface area contributed by atoms with Gasteiger partial charge in [-0.2, -0.15) is 5.10 Å². The Bertz CT molecular complexity index is 664. The normalized spacial score (nSPS) is 18.0. The molecule has 2 aromatic rings. The molecule has 1 aromatic heterocycles. The number of hydrogen-bond acceptors (Lipinski definition) is 5. The smallest absolute Gasteiger partial charge is 0.181 e. The van der Waals surface area contributed by atoms with Gasteiger partial charge in [-0.25, -0.2) is 9.67 Å². The predicted octanol–water partition coefficient (Wildman–Crippen LogP) is 1.90. The SMILES string of the molecule is CC(c1nc(-c2ccc(Cl)cc2)nn1CCO)N1CCN(C)CC1. The van der Waals surface area contributed by atoms with Crippen LogP contribution in [0, 0.1) is 0 Å². The minimum atomic E-state index is 0.0475. The molecule has 6 nitrogen and oxygen atoms in total. The van der Waals surface area contributed by atoms with Gasteiger partial charge < -0.3 is 10.0 Å². The van der Waals surface area contributed by atoms with E-state index in [1.807, 2.05) is 28.9 Å². The Hall–Kier alpha value is -1.47. The monoisotopic (exact) mass is 349 g/mol. The molecule has 7 heteroatoms. The van der Waals surface area contributed by atoms with Gasteiger partial charge in [0.25, 0.3) is 0 Å². The minimum Gasteiger partial charge on any atom is -0.394 e. The topological polar surface area (TPSA) is 57.4 Å². The molecule has 0 spiro atoms. The molecule has 130 valence electrons. The largest absolute Gasteiger partial charge is 0.394 e. The Morgan fingerprint density at radius 3 is 2.46 bits per heavy atom. The van der Waals surface area contributed by atoms with Crippen molar-refractivity contribution in [3.05, 3.63) is 35.1 Å². The van der Waals surface area contributed by atoms with E-state index in [1.165, 1.54) is 0 Å². The van der Waals surface area contributed by atoms with Crippen LogP contribution in [0.1, 0.15) is 18.8 Å². The second kappa shape index (κ2) is 7.61. The van der Waals surface area contributed by atoms with Gasteiger partial charge in [-0.3, -0.25) is 4.90 Å². The molecule has 1 saturated heterocycles. The van der Waals surface area contributed by atoms with Crippen molar-refractivity contribution in [3.63, 3.8) is 0 Å². The number of aliphatic hydroxyl groups is 1. The molecule has 0 saturated carbocycles. The molecule has 3 rings (SSSR count). The summed E-state index contributed by atoms with van der Waals surface area (Å²) in [6.07, 6.45) is 0. The maximum Gasteiger partial charge on any atom is 0.181 e. The summed E-state index contributed by atoms with van der Waals surface area (Å²) >= 11 is 5.96. The van der Waals surface area contributed by atoms with E-state index < -0.39 is 0 Å². The fourth-order valence-corrected chi connectivity index (χ4v) is 3.14. The van der Waals surface area contributed by atoms with Gasteiger partial charge in [0.1, 0.15) is 5.82 Å². The van der Waals surface area contributed by atoms with Crippen LogP contribution >= 0.6 is 11.6 Å². The number of nitrogens with zero attached hydrogens (tertiary/aromatic N) is 5. The molecule has 1 aliphatic rings. The van der Waals surface area contributed by atoms with Crippen LogP contribution < -0.4 is 0 Å². The third-order valence-electron chi connectivity index (χ3n) is 4.57. The van der Waals surface area contributed by atoms with Gasteiger partial charge in [0.05, 0.1) is 19.2 Å². The molecule has 0 bridgehead atoms. The molecule has 1 N–H and O–H groups in total. The van der Waals surface area contributed by atoms with Crippen LogP contribution in [-0.2, 0) is 6.54 Å². The molecule has 24 heavy (non-hydrogen) atoms. The number of hydrogen-bond donors (Lipinski definition) is 1. The molecule has 0 amide bonds. The lowest BCUT2D eigenvalue weighted by atomic mass is 10.2. The summed E-state index contributed by atoms with van der Waals surface area (Å²) < 4.78 is 1.83. The Labute approximate surface area is 147 Å². The third-order valence-corrected chi connectivity index (χ3v) is 4.83. The zero-order valence-corrected chi connectivity index (χ0v) is 14.9. The summed E-state index contributed by atoms with van der Waals surface area (Å²) in [5.74, 6) is 1.58. The lowest BCUT2D eigenvalue weighted by Gasteiger charge is -2.35. The van der Waals surface area contributed by atoms with Gasteiger partial charge in [-0.05, 0) is 38.2 Å². The van der Waals surface area contributed by atoms with E-state index in [0.717, 1.165) is 37.6 Å². The highest BCUT2D eigenvalue weighted by atomic mass is 35.5. The third kappa shape index (κ3) is 3.78. The van der Waals surface area contributed by atoms with E-state index >= 15 is 0 Å². The van der Waals surface area contributed by atoms with Crippen molar-refractivity contribution in [2.45, 2.75) is 19.5 Å². The van der Waals surface area contributed by atoms with Crippen molar-refractivity contribution in [3.8, 4) is 11.4 Å². The molecule has 1 aliphatic heterocycles. The van der Waals surface area contributed by atoms with Crippen LogP contribution in [0.3, 0.4) is 0 Å². The lowest BCUT2D eigenvalue weighted by Crippen LogP contribution is -2.45. The molecule has 2 heterocycles. The summed E-state index contributed by atoms with van der Waals surface area (Å²) in [6, 6.07) is 7.69. The van der Waals surface area contributed by atoms with Crippen LogP contribution in [0.25, 0.3) is 11.4 Å². The molecule has 1 unspecified atom stereocenters. The summed E-state index contributed by atoms with van der Waals surface area (Å²) in [5.41, 5.74) is 0.933. The van der Waals surface area contributed by atoms with Gasteiger partial charge in [0, 0.05) is 36.8 Å². The molecule has 1 aromatic carbocycles. The summed E-state index contributed by atoms with van der Waals surface area (Å²) in [4.78, 5) is 9.52. The fraction of sp³-hybridized carbons (Fsp3) is 0.529. The average molecular weight is 350 g/mol. The first kappa shape index (κ1) is 17.4. The first-order chi connectivity index (χ1) is 11.6. The zero-order chi connectivity index (χ0) is 17.1. The van der Waals surface area contributed by atoms with Gasteiger partial charge >= 0.3 is 0 Å². The quantitative estimate of drug-likeness (QED) is 0.893.